The lowest BCUT2D eigenvalue weighted by Crippen LogP contribution is -2.25. The summed E-state index contributed by atoms with van der Waals surface area (Å²) < 4.78 is 0. The summed E-state index contributed by atoms with van der Waals surface area (Å²) in [5.41, 5.74) is 1.03. The number of anilines is 2. The lowest BCUT2D eigenvalue weighted by Gasteiger charge is -2.22. The molecule has 0 radical (unpaired) electrons. The van der Waals surface area contributed by atoms with Crippen LogP contribution >= 0.6 is 0 Å². The Labute approximate surface area is 167 Å². The van der Waals surface area contributed by atoms with E-state index in [-0.39, 0.29) is 16.9 Å². The average molecular weight is 398 g/mol. The fourth-order valence-corrected chi connectivity index (χ4v) is 3.54. The van der Waals surface area contributed by atoms with Crippen molar-refractivity contribution in [1.29, 1.82) is 0 Å². The normalized spacial score (nSPS) is 14.2. The highest BCUT2D eigenvalue weighted by Gasteiger charge is 2.23. The van der Waals surface area contributed by atoms with Crippen LogP contribution < -0.4 is 10.2 Å². The molecule has 9 nitrogen and oxygen atoms in total. The molecule has 1 aliphatic rings. The largest absolute Gasteiger partial charge is 0.366 e. The van der Waals surface area contributed by atoms with Gasteiger partial charge in [0.2, 0.25) is 0 Å². The average Bonchev–Trinajstić information content (AvgIpc) is 2.98. The third-order valence-corrected chi connectivity index (χ3v) is 5.13. The number of carbonyl (C=O) groups is 1. The van der Waals surface area contributed by atoms with Gasteiger partial charge in [-0.15, -0.1) is 0 Å². The molecule has 0 spiro atoms. The van der Waals surface area contributed by atoms with E-state index >= 15 is 0 Å². The van der Waals surface area contributed by atoms with Crippen LogP contribution in [0.25, 0.3) is 0 Å². The molecule has 0 saturated carbocycles. The maximum absolute atomic E-state index is 12.6. The van der Waals surface area contributed by atoms with Gasteiger partial charge in [0.05, 0.1) is 21.1 Å². The topological polar surface area (TPSA) is 119 Å². The first kappa shape index (κ1) is 20.2. The highest BCUT2D eigenvalue weighted by atomic mass is 16.6. The van der Waals surface area contributed by atoms with E-state index in [1.807, 2.05) is 4.90 Å². The number of carbonyl (C=O) groups excluding carboxylic acids is 1. The fraction of sp³-hybridized carbons (Fsp3) is 0.350. The van der Waals surface area contributed by atoms with E-state index in [0.717, 1.165) is 38.8 Å². The molecule has 1 saturated heterocycles. The summed E-state index contributed by atoms with van der Waals surface area (Å²) in [6.07, 6.45) is 4.16. The number of nitrogens with one attached hydrogen (secondary N) is 1. The Hall–Kier alpha value is -3.49. The van der Waals surface area contributed by atoms with Gasteiger partial charge in [-0.25, -0.2) is 0 Å². The predicted molar refractivity (Wildman–Crippen MR) is 110 cm³/mol. The predicted octanol–water partition coefficient (Wildman–Crippen LogP) is 4.44. The molecule has 1 fully saturated rings. The number of nitro groups is 2. The Balaban J connectivity index is 1.88. The molecule has 2 aromatic carbocycles. The van der Waals surface area contributed by atoms with Gasteiger partial charge in [0, 0.05) is 30.8 Å². The van der Waals surface area contributed by atoms with Crippen molar-refractivity contribution in [2.75, 3.05) is 23.3 Å². The number of rotatable bonds is 5. The first-order valence-electron chi connectivity index (χ1n) is 9.47. The Morgan fingerprint density at radius 1 is 0.966 bits per heavy atom. The van der Waals surface area contributed by atoms with Gasteiger partial charge in [0.1, 0.15) is 5.69 Å². The molecule has 0 bridgehead atoms. The minimum atomic E-state index is -0.556. The standard InChI is InChI=1S/C20H22N4O5/c1-14-16(7-6-8-17(14)23(26)27)21-20(25)15-9-10-18(19(13-15)24(28)29)22-11-4-2-3-5-12-22/h6-10,13H,2-5,11-12H2,1H3,(H,21,25). The molecule has 0 unspecified atom stereocenters. The third-order valence-electron chi connectivity index (χ3n) is 5.13. The summed E-state index contributed by atoms with van der Waals surface area (Å²) in [6.45, 7) is 3.04. The Morgan fingerprint density at radius 3 is 2.24 bits per heavy atom. The second kappa shape index (κ2) is 8.68. The van der Waals surface area contributed by atoms with Crippen molar-refractivity contribution < 1.29 is 14.6 Å². The number of nitrogens with zero attached hydrogens (tertiary/aromatic N) is 3. The van der Waals surface area contributed by atoms with Gasteiger partial charge in [-0.3, -0.25) is 25.0 Å². The van der Waals surface area contributed by atoms with Gasteiger partial charge < -0.3 is 10.2 Å². The molecule has 1 aliphatic heterocycles. The highest BCUT2D eigenvalue weighted by molar-refractivity contribution is 6.05. The molecular formula is C20H22N4O5. The van der Waals surface area contributed by atoms with Crippen LogP contribution in [-0.2, 0) is 0 Å². The zero-order valence-corrected chi connectivity index (χ0v) is 16.1. The molecule has 0 atom stereocenters. The molecule has 3 rings (SSSR count). The second-order valence-corrected chi connectivity index (χ2v) is 7.02. The van der Waals surface area contributed by atoms with Gasteiger partial charge in [-0.1, -0.05) is 18.9 Å². The summed E-state index contributed by atoms with van der Waals surface area (Å²) in [4.78, 5) is 36.4. The van der Waals surface area contributed by atoms with Crippen molar-refractivity contribution in [2.24, 2.45) is 0 Å². The van der Waals surface area contributed by atoms with Gasteiger partial charge >= 0.3 is 0 Å². The number of benzene rings is 2. The quantitative estimate of drug-likeness (QED) is 0.587. The van der Waals surface area contributed by atoms with Crippen LogP contribution in [0.15, 0.2) is 36.4 Å². The molecule has 29 heavy (non-hydrogen) atoms. The van der Waals surface area contributed by atoms with Crippen molar-refractivity contribution in [1.82, 2.24) is 0 Å². The number of amides is 1. The maximum atomic E-state index is 12.6. The number of nitro benzene ring substituents is 2. The molecular weight excluding hydrogens is 376 g/mol. The van der Waals surface area contributed by atoms with Gasteiger partial charge in [-0.2, -0.15) is 0 Å². The van der Waals surface area contributed by atoms with Gasteiger partial charge in [-0.05, 0) is 38.0 Å². The second-order valence-electron chi connectivity index (χ2n) is 7.02. The van der Waals surface area contributed by atoms with Crippen molar-refractivity contribution in [2.45, 2.75) is 32.6 Å². The molecule has 152 valence electrons. The monoisotopic (exact) mass is 398 g/mol. The zero-order valence-electron chi connectivity index (χ0n) is 16.1. The van der Waals surface area contributed by atoms with Gasteiger partial charge in [0.15, 0.2) is 0 Å². The summed E-state index contributed by atoms with van der Waals surface area (Å²) in [5, 5.41) is 25.3. The van der Waals surface area contributed by atoms with E-state index in [4.69, 9.17) is 0 Å². The lowest BCUT2D eigenvalue weighted by molar-refractivity contribution is -0.385. The Bertz CT molecular complexity index is 952. The summed E-state index contributed by atoms with van der Waals surface area (Å²) >= 11 is 0. The highest BCUT2D eigenvalue weighted by Crippen LogP contribution is 2.32. The number of hydrogen-bond donors (Lipinski definition) is 1. The van der Waals surface area contributed by atoms with Crippen molar-refractivity contribution in [3.63, 3.8) is 0 Å². The maximum Gasteiger partial charge on any atom is 0.293 e. The molecule has 9 heteroatoms. The van der Waals surface area contributed by atoms with E-state index in [1.165, 1.54) is 18.2 Å². The van der Waals surface area contributed by atoms with Crippen LogP contribution in [-0.4, -0.2) is 28.8 Å². The SMILES string of the molecule is Cc1c(NC(=O)c2ccc(N3CCCCCC3)c([N+](=O)[O-])c2)cccc1[N+](=O)[O-]. The first-order chi connectivity index (χ1) is 13.9. The van der Waals surface area contributed by atoms with Crippen molar-refractivity contribution in [3.8, 4) is 0 Å². The van der Waals surface area contributed by atoms with E-state index in [0.29, 0.717) is 16.9 Å². The van der Waals surface area contributed by atoms with Crippen LogP contribution in [0.1, 0.15) is 41.6 Å². The van der Waals surface area contributed by atoms with E-state index < -0.39 is 15.8 Å². The Morgan fingerprint density at radius 2 is 1.62 bits per heavy atom. The first-order valence-corrected chi connectivity index (χ1v) is 9.47. The molecule has 1 N–H and O–H groups in total. The van der Waals surface area contributed by atoms with Gasteiger partial charge in [0.25, 0.3) is 17.3 Å². The third kappa shape index (κ3) is 4.50. The van der Waals surface area contributed by atoms with Crippen LogP contribution in [0.2, 0.25) is 0 Å². The minimum absolute atomic E-state index is 0.106. The molecule has 0 aliphatic carbocycles. The molecule has 1 amide bonds. The van der Waals surface area contributed by atoms with E-state index in [2.05, 4.69) is 5.32 Å². The number of hydrogen-bond acceptors (Lipinski definition) is 6. The smallest absolute Gasteiger partial charge is 0.293 e. The zero-order chi connectivity index (χ0) is 21.0. The molecule has 0 aromatic heterocycles. The summed E-state index contributed by atoms with van der Waals surface area (Å²) in [7, 11) is 0. The fourth-order valence-electron chi connectivity index (χ4n) is 3.54. The van der Waals surface area contributed by atoms with Crippen LogP contribution in [0, 0.1) is 27.2 Å². The summed E-state index contributed by atoms with van der Waals surface area (Å²) in [5.74, 6) is -0.556. The Kier molecular flexibility index (Phi) is 6.06. The van der Waals surface area contributed by atoms with Crippen molar-refractivity contribution in [3.05, 3.63) is 67.8 Å². The van der Waals surface area contributed by atoms with E-state index in [9.17, 15) is 25.0 Å². The van der Waals surface area contributed by atoms with Crippen molar-refractivity contribution >= 4 is 28.7 Å². The molecule has 1 heterocycles. The van der Waals surface area contributed by atoms with E-state index in [1.54, 1.807) is 25.1 Å². The minimum Gasteiger partial charge on any atom is -0.366 e. The van der Waals surface area contributed by atoms with Crippen LogP contribution in [0.3, 0.4) is 0 Å². The molecule has 2 aromatic rings. The van der Waals surface area contributed by atoms with Crippen LogP contribution in [0.4, 0.5) is 22.7 Å². The lowest BCUT2D eigenvalue weighted by atomic mass is 10.1. The summed E-state index contributed by atoms with van der Waals surface area (Å²) in [6, 6.07) is 8.81. The van der Waals surface area contributed by atoms with Crippen LogP contribution in [0.5, 0.6) is 0 Å².